The number of hydrogen-bond acceptors (Lipinski definition) is 3. The SMILES string of the molecule is O=C(Nc1cccc(Br)n1)c1c[nH]c(=O)[nH]1. The van der Waals surface area contributed by atoms with Gasteiger partial charge in [-0.25, -0.2) is 9.78 Å². The fourth-order valence-corrected chi connectivity index (χ4v) is 1.46. The first-order chi connectivity index (χ1) is 7.65. The van der Waals surface area contributed by atoms with Crippen molar-refractivity contribution in [1.82, 2.24) is 15.0 Å². The molecule has 0 aliphatic heterocycles. The van der Waals surface area contributed by atoms with Crippen molar-refractivity contribution in [1.29, 1.82) is 0 Å². The molecule has 0 aliphatic carbocycles. The van der Waals surface area contributed by atoms with E-state index < -0.39 is 11.6 Å². The Labute approximate surface area is 98.2 Å². The second-order valence-electron chi connectivity index (χ2n) is 2.96. The quantitative estimate of drug-likeness (QED) is 0.721. The van der Waals surface area contributed by atoms with E-state index in [0.29, 0.717) is 10.4 Å². The topological polar surface area (TPSA) is 90.6 Å². The number of nitrogens with one attached hydrogen (secondary N) is 3. The summed E-state index contributed by atoms with van der Waals surface area (Å²) in [5.41, 5.74) is -0.265. The van der Waals surface area contributed by atoms with Gasteiger partial charge in [0.05, 0.1) is 0 Å². The Bertz CT molecular complexity index is 575. The number of pyridine rings is 1. The van der Waals surface area contributed by atoms with Gasteiger partial charge < -0.3 is 15.3 Å². The summed E-state index contributed by atoms with van der Waals surface area (Å²) in [5.74, 6) is -0.0228. The molecule has 0 saturated heterocycles. The third-order valence-electron chi connectivity index (χ3n) is 1.80. The van der Waals surface area contributed by atoms with Crippen LogP contribution in [0.3, 0.4) is 0 Å². The van der Waals surface area contributed by atoms with Gasteiger partial charge in [-0.1, -0.05) is 6.07 Å². The van der Waals surface area contributed by atoms with Crippen molar-refractivity contribution in [3.05, 3.63) is 45.2 Å². The van der Waals surface area contributed by atoms with E-state index in [9.17, 15) is 9.59 Å². The molecule has 82 valence electrons. The van der Waals surface area contributed by atoms with E-state index in [1.807, 2.05) is 0 Å². The number of anilines is 1. The molecule has 0 unspecified atom stereocenters. The van der Waals surface area contributed by atoms with Gasteiger partial charge in [-0.3, -0.25) is 4.79 Å². The monoisotopic (exact) mass is 282 g/mol. The maximum atomic E-state index is 11.6. The lowest BCUT2D eigenvalue weighted by molar-refractivity contribution is 0.102. The molecule has 0 bridgehead atoms. The zero-order chi connectivity index (χ0) is 11.5. The van der Waals surface area contributed by atoms with Crippen LogP contribution in [0.15, 0.2) is 33.8 Å². The smallest absolute Gasteiger partial charge is 0.312 e. The summed E-state index contributed by atoms with van der Waals surface area (Å²) < 4.78 is 0.618. The van der Waals surface area contributed by atoms with Crippen LogP contribution in [0.4, 0.5) is 5.82 Å². The molecule has 0 fully saturated rings. The molecule has 2 aromatic rings. The van der Waals surface area contributed by atoms with E-state index in [4.69, 9.17) is 0 Å². The molecule has 0 spiro atoms. The normalized spacial score (nSPS) is 10.1. The molecule has 7 heteroatoms. The standard InChI is InChI=1S/C9H7BrN4O2/c10-6-2-1-3-7(13-6)14-8(15)5-4-11-9(16)12-5/h1-4H,(H2,11,12,16)(H,13,14,15). The van der Waals surface area contributed by atoms with Crippen LogP contribution in [0.25, 0.3) is 0 Å². The molecule has 6 nitrogen and oxygen atoms in total. The highest BCUT2D eigenvalue weighted by Crippen LogP contribution is 2.10. The summed E-state index contributed by atoms with van der Waals surface area (Å²) in [7, 11) is 0. The second kappa shape index (κ2) is 4.31. The molecule has 0 saturated carbocycles. The summed E-state index contributed by atoms with van der Waals surface area (Å²) in [4.78, 5) is 31.1. The minimum atomic E-state index is -0.427. The third-order valence-corrected chi connectivity index (χ3v) is 2.24. The summed E-state index contributed by atoms with van der Waals surface area (Å²) in [6.45, 7) is 0. The van der Waals surface area contributed by atoms with Gasteiger partial charge in [0.25, 0.3) is 5.91 Å². The van der Waals surface area contributed by atoms with Gasteiger partial charge in [0.2, 0.25) is 0 Å². The molecule has 0 radical (unpaired) electrons. The van der Waals surface area contributed by atoms with Crippen LogP contribution in [0.2, 0.25) is 0 Å². The van der Waals surface area contributed by atoms with Crippen LogP contribution in [0, 0.1) is 0 Å². The Morgan fingerprint density at radius 3 is 2.88 bits per heavy atom. The lowest BCUT2D eigenvalue weighted by Crippen LogP contribution is -2.14. The molecular weight excluding hydrogens is 276 g/mol. The largest absolute Gasteiger partial charge is 0.323 e. The molecule has 0 aliphatic rings. The molecular formula is C9H7BrN4O2. The van der Waals surface area contributed by atoms with Crippen LogP contribution in [-0.4, -0.2) is 20.9 Å². The number of carbonyl (C=O) groups is 1. The van der Waals surface area contributed by atoms with Crippen LogP contribution < -0.4 is 11.0 Å². The van der Waals surface area contributed by atoms with Crippen molar-refractivity contribution in [2.45, 2.75) is 0 Å². The number of nitrogens with zero attached hydrogens (tertiary/aromatic N) is 1. The molecule has 0 aromatic carbocycles. The molecule has 2 heterocycles. The number of hydrogen-bond donors (Lipinski definition) is 3. The maximum Gasteiger partial charge on any atom is 0.323 e. The average molecular weight is 283 g/mol. The Hall–Kier alpha value is -1.89. The van der Waals surface area contributed by atoms with Gasteiger partial charge >= 0.3 is 5.69 Å². The lowest BCUT2D eigenvalue weighted by Gasteiger charge is -2.01. The molecule has 1 amide bonds. The van der Waals surface area contributed by atoms with Crippen LogP contribution in [0.1, 0.15) is 10.5 Å². The Balaban J connectivity index is 2.16. The minimum absolute atomic E-state index is 0.159. The number of carbonyl (C=O) groups excluding carboxylic acids is 1. The third kappa shape index (κ3) is 2.37. The molecule has 2 rings (SSSR count). The summed E-state index contributed by atoms with van der Waals surface area (Å²) in [5, 5.41) is 2.54. The van der Waals surface area contributed by atoms with E-state index in [2.05, 4.69) is 36.2 Å². The van der Waals surface area contributed by atoms with Crippen molar-refractivity contribution < 1.29 is 4.79 Å². The van der Waals surface area contributed by atoms with Crippen molar-refractivity contribution in [3.8, 4) is 0 Å². The Morgan fingerprint density at radius 1 is 1.44 bits per heavy atom. The number of aromatic amines is 2. The van der Waals surface area contributed by atoms with Crippen molar-refractivity contribution in [2.24, 2.45) is 0 Å². The van der Waals surface area contributed by atoms with Gasteiger partial charge in [0.1, 0.15) is 16.1 Å². The number of imidazole rings is 1. The van der Waals surface area contributed by atoms with E-state index in [0.717, 1.165) is 0 Å². The summed E-state index contributed by atoms with van der Waals surface area (Å²) >= 11 is 3.19. The highest BCUT2D eigenvalue weighted by molar-refractivity contribution is 9.10. The zero-order valence-corrected chi connectivity index (χ0v) is 9.54. The minimum Gasteiger partial charge on any atom is -0.312 e. The summed E-state index contributed by atoms with van der Waals surface area (Å²) in [6, 6.07) is 5.13. The number of amides is 1. The predicted molar refractivity (Wildman–Crippen MR) is 61.3 cm³/mol. The highest BCUT2D eigenvalue weighted by atomic mass is 79.9. The fourth-order valence-electron chi connectivity index (χ4n) is 1.12. The summed E-state index contributed by atoms with van der Waals surface area (Å²) in [6.07, 6.45) is 1.30. The first-order valence-electron chi connectivity index (χ1n) is 4.37. The number of rotatable bonds is 2. The van der Waals surface area contributed by atoms with Crippen molar-refractivity contribution >= 4 is 27.7 Å². The number of halogens is 1. The van der Waals surface area contributed by atoms with Crippen molar-refractivity contribution in [3.63, 3.8) is 0 Å². The first-order valence-corrected chi connectivity index (χ1v) is 5.16. The lowest BCUT2D eigenvalue weighted by atomic mass is 10.4. The van der Waals surface area contributed by atoms with Crippen LogP contribution in [0.5, 0.6) is 0 Å². The van der Waals surface area contributed by atoms with E-state index in [1.165, 1.54) is 6.20 Å². The first kappa shape index (κ1) is 10.6. The van der Waals surface area contributed by atoms with Gasteiger partial charge in [-0.05, 0) is 28.1 Å². The highest BCUT2D eigenvalue weighted by Gasteiger charge is 2.08. The Kier molecular flexibility index (Phi) is 2.86. The maximum absolute atomic E-state index is 11.6. The molecule has 3 N–H and O–H groups in total. The molecule has 16 heavy (non-hydrogen) atoms. The van der Waals surface area contributed by atoms with Crippen LogP contribution >= 0.6 is 15.9 Å². The van der Waals surface area contributed by atoms with Gasteiger partial charge in [0.15, 0.2) is 0 Å². The van der Waals surface area contributed by atoms with E-state index in [-0.39, 0.29) is 5.69 Å². The van der Waals surface area contributed by atoms with Crippen molar-refractivity contribution in [2.75, 3.05) is 5.32 Å². The number of H-pyrrole nitrogens is 2. The molecule has 0 atom stereocenters. The molecule has 2 aromatic heterocycles. The average Bonchev–Trinajstić information content (AvgIpc) is 2.65. The zero-order valence-electron chi connectivity index (χ0n) is 7.95. The Morgan fingerprint density at radius 2 is 2.25 bits per heavy atom. The van der Waals surface area contributed by atoms with E-state index in [1.54, 1.807) is 18.2 Å². The van der Waals surface area contributed by atoms with Gasteiger partial charge in [-0.15, -0.1) is 0 Å². The van der Waals surface area contributed by atoms with E-state index >= 15 is 0 Å². The fraction of sp³-hybridized carbons (Fsp3) is 0. The van der Waals surface area contributed by atoms with Crippen LogP contribution in [-0.2, 0) is 0 Å². The number of aromatic nitrogens is 3. The second-order valence-corrected chi connectivity index (χ2v) is 3.77. The van der Waals surface area contributed by atoms with Gasteiger partial charge in [0, 0.05) is 6.20 Å². The predicted octanol–water partition coefficient (Wildman–Crippen LogP) is 1.11. The van der Waals surface area contributed by atoms with Gasteiger partial charge in [-0.2, -0.15) is 0 Å².